The van der Waals surface area contributed by atoms with Gasteiger partial charge in [-0.05, 0) is 38.9 Å². The van der Waals surface area contributed by atoms with E-state index in [4.69, 9.17) is 0 Å². The number of likely N-dealkylation sites (tertiary alicyclic amines) is 1. The van der Waals surface area contributed by atoms with Gasteiger partial charge in [0.1, 0.15) is 0 Å². The lowest BCUT2D eigenvalue weighted by atomic mass is 10.0. The van der Waals surface area contributed by atoms with Gasteiger partial charge in [-0.15, -0.1) is 0 Å². The molecule has 100 valence electrons. The van der Waals surface area contributed by atoms with Crippen LogP contribution >= 0.6 is 0 Å². The van der Waals surface area contributed by atoms with E-state index in [0.717, 1.165) is 5.92 Å². The number of hydrogen-bond acceptors (Lipinski definition) is 2. The standard InChI is InChI=1S/C11H24N2.C3H8.H2/c1-10(2)11(12-3)9-13-7-5-4-6-8-13;1-3-2;/h10-12H,4-9H2,1-3H3;3H2,1-2H3;1H/t11-;;/m0../s1. The highest BCUT2D eigenvalue weighted by atomic mass is 15.1. The topological polar surface area (TPSA) is 15.3 Å². The van der Waals surface area contributed by atoms with Gasteiger partial charge in [0.05, 0.1) is 0 Å². The van der Waals surface area contributed by atoms with Gasteiger partial charge in [-0.1, -0.05) is 40.5 Å². The van der Waals surface area contributed by atoms with E-state index in [1.807, 2.05) is 0 Å². The Hall–Kier alpha value is -0.0800. The van der Waals surface area contributed by atoms with Gasteiger partial charge in [0, 0.05) is 14.0 Å². The maximum absolute atomic E-state index is 3.41. The Labute approximate surface area is 104 Å². The Balaban J connectivity index is 0. The maximum Gasteiger partial charge on any atom is 0.0214 e. The summed E-state index contributed by atoms with van der Waals surface area (Å²) in [5.74, 6) is 0.743. The second kappa shape index (κ2) is 10.1. The molecule has 2 heteroatoms. The molecular weight excluding hydrogens is 196 g/mol. The van der Waals surface area contributed by atoms with Crippen LogP contribution in [0.25, 0.3) is 0 Å². The van der Waals surface area contributed by atoms with Crippen molar-refractivity contribution in [2.24, 2.45) is 5.92 Å². The van der Waals surface area contributed by atoms with Gasteiger partial charge in [0.15, 0.2) is 0 Å². The summed E-state index contributed by atoms with van der Waals surface area (Å²) in [6.07, 6.45) is 5.48. The van der Waals surface area contributed by atoms with E-state index in [1.54, 1.807) is 0 Å². The lowest BCUT2D eigenvalue weighted by Crippen LogP contribution is -2.44. The molecule has 1 aliphatic heterocycles. The van der Waals surface area contributed by atoms with E-state index < -0.39 is 0 Å². The summed E-state index contributed by atoms with van der Waals surface area (Å²) in [5.41, 5.74) is 0. The predicted octanol–water partition coefficient (Wildman–Crippen LogP) is 3.38. The fraction of sp³-hybridized carbons (Fsp3) is 1.00. The SMILES string of the molecule is CCC.CN[C@@H](CN1CCCCC1)C(C)C.[HH]. The molecule has 0 unspecified atom stereocenters. The summed E-state index contributed by atoms with van der Waals surface area (Å²) in [7, 11) is 2.08. The average Bonchev–Trinajstić information content (AvgIpc) is 2.28. The van der Waals surface area contributed by atoms with Crippen molar-refractivity contribution in [3.63, 3.8) is 0 Å². The van der Waals surface area contributed by atoms with E-state index in [9.17, 15) is 0 Å². The molecule has 0 aromatic heterocycles. The summed E-state index contributed by atoms with van der Waals surface area (Å²) in [6, 6.07) is 0.665. The minimum atomic E-state index is 0. The zero-order valence-electron chi connectivity index (χ0n) is 12.1. The lowest BCUT2D eigenvalue weighted by Gasteiger charge is -2.31. The van der Waals surface area contributed by atoms with Crippen LogP contribution in [0.15, 0.2) is 0 Å². The van der Waals surface area contributed by atoms with E-state index in [1.165, 1.54) is 45.3 Å². The van der Waals surface area contributed by atoms with E-state index in [0.29, 0.717) is 6.04 Å². The van der Waals surface area contributed by atoms with Gasteiger partial charge in [-0.3, -0.25) is 0 Å². The van der Waals surface area contributed by atoms with Crippen LogP contribution in [0.4, 0.5) is 0 Å². The fourth-order valence-corrected chi connectivity index (χ4v) is 2.06. The van der Waals surface area contributed by atoms with E-state index in [2.05, 4.69) is 45.0 Å². The number of likely N-dealkylation sites (N-methyl/N-ethyl adjacent to an activating group) is 1. The van der Waals surface area contributed by atoms with Crippen molar-refractivity contribution >= 4 is 0 Å². The van der Waals surface area contributed by atoms with Crippen molar-refractivity contribution in [3.8, 4) is 0 Å². The number of hydrogen-bond donors (Lipinski definition) is 1. The highest BCUT2D eigenvalue weighted by Gasteiger charge is 2.17. The third kappa shape index (κ3) is 7.24. The highest BCUT2D eigenvalue weighted by Crippen LogP contribution is 2.11. The van der Waals surface area contributed by atoms with Gasteiger partial charge in [0.2, 0.25) is 0 Å². The van der Waals surface area contributed by atoms with Gasteiger partial charge >= 0.3 is 0 Å². The first-order chi connectivity index (χ1) is 7.65. The summed E-state index contributed by atoms with van der Waals surface area (Å²) < 4.78 is 0. The number of piperidine rings is 1. The van der Waals surface area contributed by atoms with Crippen LogP contribution in [0.5, 0.6) is 0 Å². The molecule has 1 heterocycles. The molecule has 0 radical (unpaired) electrons. The Bertz CT molecular complexity index is 145. The maximum atomic E-state index is 3.41. The second-order valence-corrected chi connectivity index (χ2v) is 5.21. The monoisotopic (exact) mass is 230 g/mol. The van der Waals surface area contributed by atoms with Crippen LogP contribution < -0.4 is 5.32 Å². The number of rotatable bonds is 4. The van der Waals surface area contributed by atoms with Crippen molar-refractivity contribution in [3.05, 3.63) is 0 Å². The van der Waals surface area contributed by atoms with E-state index >= 15 is 0 Å². The summed E-state index contributed by atoms with van der Waals surface area (Å²) >= 11 is 0. The first-order valence-corrected chi connectivity index (χ1v) is 7.05. The van der Waals surface area contributed by atoms with Crippen LogP contribution in [-0.4, -0.2) is 37.6 Å². The molecule has 0 spiro atoms. The van der Waals surface area contributed by atoms with Crippen molar-refractivity contribution in [2.45, 2.75) is 59.4 Å². The Morgan fingerprint density at radius 2 is 1.62 bits per heavy atom. The van der Waals surface area contributed by atoms with E-state index in [-0.39, 0.29) is 1.43 Å². The minimum absolute atomic E-state index is 0. The Morgan fingerprint density at radius 3 is 2.00 bits per heavy atom. The number of nitrogens with one attached hydrogen (secondary N) is 1. The molecule has 0 saturated carbocycles. The molecule has 1 fully saturated rings. The van der Waals surface area contributed by atoms with Crippen molar-refractivity contribution in [1.82, 2.24) is 10.2 Å². The molecule has 1 aliphatic rings. The first-order valence-electron chi connectivity index (χ1n) is 7.05. The molecule has 16 heavy (non-hydrogen) atoms. The minimum Gasteiger partial charge on any atom is -0.315 e. The summed E-state index contributed by atoms with van der Waals surface area (Å²) in [5, 5.41) is 3.41. The molecular formula is C14H34N2. The lowest BCUT2D eigenvalue weighted by molar-refractivity contribution is 0.191. The third-order valence-corrected chi connectivity index (χ3v) is 3.08. The second-order valence-electron chi connectivity index (χ2n) is 5.21. The Kier molecular flexibility index (Phi) is 10.0. The van der Waals surface area contributed by atoms with Gasteiger partial charge in [-0.25, -0.2) is 0 Å². The number of nitrogens with zero attached hydrogens (tertiary/aromatic N) is 1. The van der Waals surface area contributed by atoms with Crippen LogP contribution in [-0.2, 0) is 0 Å². The molecule has 0 amide bonds. The first kappa shape index (κ1) is 15.9. The van der Waals surface area contributed by atoms with Gasteiger partial charge in [-0.2, -0.15) is 0 Å². The average molecular weight is 230 g/mol. The van der Waals surface area contributed by atoms with Gasteiger partial charge < -0.3 is 10.2 Å². The van der Waals surface area contributed by atoms with Crippen molar-refractivity contribution < 1.29 is 1.43 Å². The quantitative estimate of drug-likeness (QED) is 0.796. The van der Waals surface area contributed by atoms with Gasteiger partial charge in [0.25, 0.3) is 0 Å². The van der Waals surface area contributed by atoms with Crippen LogP contribution in [0, 0.1) is 5.92 Å². The van der Waals surface area contributed by atoms with Crippen molar-refractivity contribution in [2.75, 3.05) is 26.7 Å². The van der Waals surface area contributed by atoms with Crippen molar-refractivity contribution in [1.29, 1.82) is 0 Å². The van der Waals surface area contributed by atoms with Crippen LogP contribution in [0.1, 0.15) is 54.8 Å². The molecule has 2 nitrogen and oxygen atoms in total. The normalized spacial score (nSPS) is 19.1. The summed E-state index contributed by atoms with van der Waals surface area (Å²) in [4.78, 5) is 2.60. The molecule has 1 rings (SSSR count). The largest absolute Gasteiger partial charge is 0.315 e. The zero-order valence-corrected chi connectivity index (χ0v) is 12.1. The summed E-state index contributed by atoms with van der Waals surface area (Å²) in [6.45, 7) is 12.7. The molecule has 0 aliphatic carbocycles. The third-order valence-electron chi connectivity index (χ3n) is 3.08. The molecule has 1 atom stereocenters. The molecule has 0 bridgehead atoms. The molecule has 1 N–H and O–H groups in total. The van der Waals surface area contributed by atoms with Crippen LogP contribution in [0.2, 0.25) is 0 Å². The zero-order chi connectivity index (χ0) is 12.4. The Morgan fingerprint density at radius 1 is 1.12 bits per heavy atom. The highest BCUT2D eigenvalue weighted by molar-refractivity contribution is 4.75. The van der Waals surface area contributed by atoms with Crippen LogP contribution in [0.3, 0.4) is 0 Å². The molecule has 0 aromatic carbocycles. The molecule has 1 saturated heterocycles. The smallest absolute Gasteiger partial charge is 0.0214 e. The molecule has 0 aromatic rings. The predicted molar refractivity (Wildman–Crippen MR) is 76.1 cm³/mol. The fourth-order valence-electron chi connectivity index (χ4n) is 2.06.